The van der Waals surface area contributed by atoms with Crippen LogP contribution in [0, 0.1) is 12.7 Å². The first kappa shape index (κ1) is 11.5. The highest BCUT2D eigenvalue weighted by Crippen LogP contribution is 2.31. The molecule has 2 nitrogen and oxygen atoms in total. The van der Waals surface area contributed by atoms with Crippen molar-refractivity contribution < 1.29 is 4.39 Å². The number of hydrogen-bond acceptors (Lipinski definition) is 1. The van der Waals surface area contributed by atoms with Gasteiger partial charge in [-0.15, -0.1) is 0 Å². The number of imidazole rings is 1. The second-order valence-corrected chi connectivity index (χ2v) is 5.08. The predicted octanol–water partition coefficient (Wildman–Crippen LogP) is 3.89. The van der Waals surface area contributed by atoms with Crippen LogP contribution < -0.4 is 0 Å². The topological polar surface area (TPSA) is 17.8 Å². The van der Waals surface area contributed by atoms with E-state index < -0.39 is 0 Å². The SMILES string of the molecule is Cc1c(-c2cccc(F)c2)nc2n1C(C)CCC2. The zero-order chi connectivity index (χ0) is 12.7. The number of benzene rings is 1. The van der Waals surface area contributed by atoms with E-state index in [-0.39, 0.29) is 5.82 Å². The molecule has 0 spiro atoms. The highest BCUT2D eigenvalue weighted by Gasteiger charge is 2.22. The molecular formula is C15H17FN2. The molecule has 1 aromatic heterocycles. The normalized spacial score (nSPS) is 18.7. The monoisotopic (exact) mass is 244 g/mol. The summed E-state index contributed by atoms with van der Waals surface area (Å²) in [5.41, 5.74) is 2.96. The fourth-order valence-corrected chi connectivity index (χ4v) is 2.93. The summed E-state index contributed by atoms with van der Waals surface area (Å²) in [6.45, 7) is 4.31. The minimum Gasteiger partial charge on any atom is -0.329 e. The zero-order valence-electron chi connectivity index (χ0n) is 10.8. The third-order valence-corrected chi connectivity index (χ3v) is 3.78. The number of nitrogens with zero attached hydrogens (tertiary/aromatic N) is 2. The number of rotatable bonds is 1. The van der Waals surface area contributed by atoms with E-state index in [0.717, 1.165) is 29.2 Å². The number of fused-ring (bicyclic) bond motifs is 1. The fourth-order valence-electron chi connectivity index (χ4n) is 2.93. The van der Waals surface area contributed by atoms with Crippen molar-refractivity contribution >= 4 is 0 Å². The van der Waals surface area contributed by atoms with Gasteiger partial charge in [-0.1, -0.05) is 12.1 Å². The van der Waals surface area contributed by atoms with Gasteiger partial charge in [0.05, 0.1) is 5.69 Å². The molecule has 1 aliphatic rings. The molecule has 0 N–H and O–H groups in total. The summed E-state index contributed by atoms with van der Waals surface area (Å²) in [6.07, 6.45) is 3.42. The first-order valence-corrected chi connectivity index (χ1v) is 6.50. The van der Waals surface area contributed by atoms with E-state index in [9.17, 15) is 4.39 Å². The first-order valence-electron chi connectivity index (χ1n) is 6.50. The van der Waals surface area contributed by atoms with E-state index in [1.165, 1.54) is 18.9 Å². The maximum Gasteiger partial charge on any atom is 0.123 e. The molecule has 0 saturated carbocycles. The van der Waals surface area contributed by atoms with Gasteiger partial charge in [-0.25, -0.2) is 9.37 Å². The van der Waals surface area contributed by atoms with E-state index in [1.807, 2.05) is 6.07 Å². The third kappa shape index (κ3) is 1.74. The van der Waals surface area contributed by atoms with Gasteiger partial charge >= 0.3 is 0 Å². The Morgan fingerprint density at radius 2 is 2.22 bits per heavy atom. The van der Waals surface area contributed by atoms with Crippen molar-refractivity contribution in [2.45, 2.75) is 39.2 Å². The Kier molecular flexibility index (Phi) is 2.69. The third-order valence-electron chi connectivity index (χ3n) is 3.78. The van der Waals surface area contributed by atoms with Gasteiger partial charge in [-0.05, 0) is 38.8 Å². The predicted molar refractivity (Wildman–Crippen MR) is 70.0 cm³/mol. The lowest BCUT2D eigenvalue weighted by Crippen LogP contribution is -2.16. The molecule has 2 aromatic rings. The Morgan fingerprint density at radius 1 is 1.39 bits per heavy atom. The molecule has 2 heterocycles. The van der Waals surface area contributed by atoms with Crippen molar-refractivity contribution in [3.05, 3.63) is 41.6 Å². The molecule has 0 aliphatic carbocycles. The lowest BCUT2D eigenvalue weighted by molar-refractivity contribution is 0.419. The van der Waals surface area contributed by atoms with Crippen molar-refractivity contribution in [3.8, 4) is 11.3 Å². The summed E-state index contributed by atoms with van der Waals surface area (Å²) < 4.78 is 15.6. The highest BCUT2D eigenvalue weighted by molar-refractivity contribution is 5.62. The van der Waals surface area contributed by atoms with Crippen LogP contribution in [-0.2, 0) is 6.42 Å². The molecule has 1 aromatic carbocycles. The van der Waals surface area contributed by atoms with Gasteiger partial charge in [-0.3, -0.25) is 0 Å². The lowest BCUT2D eigenvalue weighted by atomic mass is 10.1. The van der Waals surface area contributed by atoms with Crippen LogP contribution in [0.5, 0.6) is 0 Å². The maximum atomic E-state index is 13.3. The van der Waals surface area contributed by atoms with Crippen molar-refractivity contribution in [1.82, 2.24) is 9.55 Å². The molecule has 1 atom stereocenters. The molecule has 0 amide bonds. The molecule has 3 heteroatoms. The Labute approximate surface area is 106 Å². The summed E-state index contributed by atoms with van der Waals surface area (Å²) in [4.78, 5) is 4.71. The molecule has 0 fully saturated rings. The van der Waals surface area contributed by atoms with Gasteiger partial charge in [0.25, 0.3) is 0 Å². The summed E-state index contributed by atoms with van der Waals surface area (Å²) >= 11 is 0. The van der Waals surface area contributed by atoms with Crippen LogP contribution in [0.25, 0.3) is 11.3 Å². The van der Waals surface area contributed by atoms with Crippen molar-refractivity contribution in [3.63, 3.8) is 0 Å². The second kappa shape index (κ2) is 4.23. The Hall–Kier alpha value is -1.64. The molecule has 0 saturated heterocycles. The standard InChI is InChI=1S/C15H17FN2/c1-10-5-3-8-14-17-15(11(2)18(10)14)12-6-4-7-13(16)9-12/h4,6-7,9-10H,3,5,8H2,1-2H3. The van der Waals surface area contributed by atoms with Crippen LogP contribution in [0.15, 0.2) is 24.3 Å². The Balaban J connectivity index is 2.14. The molecule has 94 valence electrons. The van der Waals surface area contributed by atoms with Crippen LogP contribution >= 0.6 is 0 Å². The van der Waals surface area contributed by atoms with Crippen LogP contribution in [0.1, 0.15) is 37.3 Å². The highest BCUT2D eigenvalue weighted by atomic mass is 19.1. The minimum atomic E-state index is -0.203. The van der Waals surface area contributed by atoms with Gasteiger partial charge in [0.1, 0.15) is 11.6 Å². The molecule has 0 bridgehead atoms. The van der Waals surface area contributed by atoms with Crippen molar-refractivity contribution in [2.75, 3.05) is 0 Å². The summed E-state index contributed by atoms with van der Waals surface area (Å²) in [6, 6.07) is 7.20. The molecule has 1 aliphatic heterocycles. The quantitative estimate of drug-likeness (QED) is 0.744. The van der Waals surface area contributed by atoms with Gasteiger partial charge in [0, 0.05) is 23.7 Å². The summed E-state index contributed by atoms with van der Waals surface area (Å²) in [5, 5.41) is 0. The summed E-state index contributed by atoms with van der Waals surface area (Å²) in [7, 11) is 0. The molecule has 0 radical (unpaired) electrons. The fraction of sp³-hybridized carbons (Fsp3) is 0.400. The molecule has 1 unspecified atom stereocenters. The van der Waals surface area contributed by atoms with Crippen LogP contribution in [0.4, 0.5) is 4.39 Å². The molecule has 3 rings (SSSR count). The average molecular weight is 244 g/mol. The van der Waals surface area contributed by atoms with E-state index in [4.69, 9.17) is 4.98 Å². The smallest absolute Gasteiger partial charge is 0.123 e. The van der Waals surface area contributed by atoms with Gasteiger partial charge in [-0.2, -0.15) is 0 Å². The maximum absolute atomic E-state index is 13.3. The second-order valence-electron chi connectivity index (χ2n) is 5.08. The largest absolute Gasteiger partial charge is 0.329 e. The van der Waals surface area contributed by atoms with Crippen molar-refractivity contribution in [1.29, 1.82) is 0 Å². The van der Waals surface area contributed by atoms with Crippen LogP contribution in [0.2, 0.25) is 0 Å². The molecule has 18 heavy (non-hydrogen) atoms. The van der Waals surface area contributed by atoms with E-state index in [0.29, 0.717) is 6.04 Å². The Bertz CT molecular complexity index is 586. The Morgan fingerprint density at radius 3 is 2.94 bits per heavy atom. The lowest BCUT2D eigenvalue weighted by Gasteiger charge is -2.22. The van der Waals surface area contributed by atoms with E-state index in [2.05, 4.69) is 18.4 Å². The minimum absolute atomic E-state index is 0.203. The summed E-state index contributed by atoms with van der Waals surface area (Å²) in [5.74, 6) is 0.941. The average Bonchev–Trinajstić information content (AvgIpc) is 2.68. The van der Waals surface area contributed by atoms with Crippen LogP contribution in [0.3, 0.4) is 0 Å². The van der Waals surface area contributed by atoms with Gasteiger partial charge < -0.3 is 4.57 Å². The number of hydrogen-bond donors (Lipinski definition) is 0. The number of halogens is 1. The van der Waals surface area contributed by atoms with Crippen molar-refractivity contribution in [2.24, 2.45) is 0 Å². The van der Waals surface area contributed by atoms with Crippen LogP contribution in [-0.4, -0.2) is 9.55 Å². The zero-order valence-corrected chi connectivity index (χ0v) is 10.8. The number of aryl methyl sites for hydroxylation is 1. The van der Waals surface area contributed by atoms with Gasteiger partial charge in [0.2, 0.25) is 0 Å². The van der Waals surface area contributed by atoms with Gasteiger partial charge in [0.15, 0.2) is 0 Å². The molecular weight excluding hydrogens is 227 g/mol. The van der Waals surface area contributed by atoms with E-state index >= 15 is 0 Å². The number of aromatic nitrogens is 2. The van der Waals surface area contributed by atoms with E-state index in [1.54, 1.807) is 12.1 Å². The first-order chi connectivity index (χ1) is 8.66.